The van der Waals surface area contributed by atoms with E-state index in [1.54, 1.807) is 59.7 Å². The maximum atomic E-state index is 12.9. The highest BCUT2D eigenvalue weighted by atomic mass is 16.5. The van der Waals surface area contributed by atoms with E-state index in [0.29, 0.717) is 47.4 Å². The van der Waals surface area contributed by atoms with Crippen LogP contribution in [-0.2, 0) is 22.6 Å². The molecule has 0 radical (unpaired) electrons. The minimum absolute atomic E-state index is 0.00546. The van der Waals surface area contributed by atoms with Gasteiger partial charge in [0.15, 0.2) is 0 Å². The number of carboxylic acid groups (broad SMARTS) is 1. The molecule has 1 aromatic carbocycles. The van der Waals surface area contributed by atoms with Gasteiger partial charge in [0.05, 0.1) is 43.7 Å². The molecule has 0 aliphatic rings. The number of imidazole rings is 1. The molecule has 3 rings (SSSR count). The van der Waals surface area contributed by atoms with E-state index in [4.69, 9.17) is 9.84 Å². The summed E-state index contributed by atoms with van der Waals surface area (Å²) in [5.74, 6) is 0.0543. The number of rotatable bonds is 12. The number of hydrogen-bond donors (Lipinski definition) is 4. The van der Waals surface area contributed by atoms with Gasteiger partial charge in [0.2, 0.25) is 5.91 Å². The molecule has 0 spiro atoms. The summed E-state index contributed by atoms with van der Waals surface area (Å²) >= 11 is 0. The third kappa shape index (κ3) is 8.64. The molecule has 0 bridgehead atoms. The van der Waals surface area contributed by atoms with Gasteiger partial charge in [-0.25, -0.2) is 14.8 Å². The molecule has 4 N–H and O–H groups in total. The van der Waals surface area contributed by atoms with E-state index < -0.39 is 12.0 Å². The Morgan fingerprint density at radius 1 is 1.11 bits per heavy atom. The third-order valence-electron chi connectivity index (χ3n) is 5.42. The highest BCUT2D eigenvalue weighted by Crippen LogP contribution is 2.26. The van der Waals surface area contributed by atoms with Crippen molar-refractivity contribution in [2.75, 3.05) is 17.7 Å². The Kier molecular flexibility index (Phi) is 9.59. The molecule has 0 aliphatic carbocycles. The van der Waals surface area contributed by atoms with Gasteiger partial charge in [-0.05, 0) is 42.2 Å². The zero-order valence-electron chi connectivity index (χ0n) is 21.1. The third-order valence-corrected chi connectivity index (χ3v) is 5.42. The molecule has 0 saturated carbocycles. The van der Waals surface area contributed by atoms with Gasteiger partial charge in [0, 0.05) is 18.9 Å². The van der Waals surface area contributed by atoms with E-state index in [1.807, 2.05) is 0 Å². The number of amides is 3. The van der Waals surface area contributed by atoms with E-state index >= 15 is 0 Å². The van der Waals surface area contributed by atoms with Crippen LogP contribution < -0.4 is 20.7 Å². The number of carbonyl (C=O) groups excluding carboxylic acids is 2. The lowest BCUT2D eigenvalue weighted by Gasteiger charge is -2.19. The summed E-state index contributed by atoms with van der Waals surface area (Å²) in [6, 6.07) is 9.53. The van der Waals surface area contributed by atoms with Gasteiger partial charge in [-0.1, -0.05) is 26.0 Å². The number of anilines is 2. The highest BCUT2D eigenvalue weighted by molar-refractivity contribution is 6.00. The molecule has 11 nitrogen and oxygen atoms in total. The van der Waals surface area contributed by atoms with Crippen molar-refractivity contribution < 1.29 is 24.2 Å². The zero-order chi connectivity index (χ0) is 26.8. The molecule has 37 heavy (non-hydrogen) atoms. The smallest absolute Gasteiger partial charge is 0.324 e. The number of aryl methyl sites for hydroxylation is 1. The molecular formula is C26H32N6O5. The number of ether oxygens (including phenoxy) is 1. The Morgan fingerprint density at radius 3 is 2.59 bits per heavy atom. The first-order chi connectivity index (χ1) is 17.7. The number of hydrogen-bond acceptors (Lipinski definition) is 6. The standard InChI is InChI=1S/C26H32N6O5/c1-17(2)12-20(21-15-32(16-28-21)11-9-25(34)35)29-24(33)14-18-7-8-19(22(13-18)37-3)30-26(36)31-23-6-4-5-10-27-23/h4-8,10,13,15-17,20H,9,11-12,14H2,1-3H3,(H,29,33)(H,34,35)(H2,27,30,31,36). The Balaban J connectivity index is 1.63. The van der Waals surface area contributed by atoms with Crippen LogP contribution in [0.3, 0.4) is 0 Å². The SMILES string of the molecule is COc1cc(CC(=O)NC(CC(C)C)c2cn(CCC(=O)O)cn2)ccc1NC(=O)Nc1ccccn1. The quantitative estimate of drug-likeness (QED) is 0.290. The van der Waals surface area contributed by atoms with Crippen molar-refractivity contribution in [2.24, 2.45) is 5.92 Å². The maximum Gasteiger partial charge on any atom is 0.324 e. The van der Waals surface area contributed by atoms with Crippen molar-refractivity contribution in [1.29, 1.82) is 0 Å². The lowest BCUT2D eigenvalue weighted by atomic mass is 10.0. The van der Waals surface area contributed by atoms with Crippen molar-refractivity contribution in [1.82, 2.24) is 19.9 Å². The number of aliphatic carboxylic acids is 1. The number of aromatic nitrogens is 3. The lowest BCUT2D eigenvalue weighted by molar-refractivity contribution is -0.137. The fourth-order valence-electron chi connectivity index (χ4n) is 3.72. The lowest BCUT2D eigenvalue weighted by Crippen LogP contribution is -2.31. The second kappa shape index (κ2) is 13.1. The number of pyridine rings is 1. The number of carbonyl (C=O) groups is 3. The number of nitrogens with zero attached hydrogens (tertiary/aromatic N) is 3. The van der Waals surface area contributed by atoms with Crippen LogP contribution >= 0.6 is 0 Å². The summed E-state index contributed by atoms with van der Waals surface area (Å²) in [6.45, 7) is 4.42. The van der Waals surface area contributed by atoms with Crippen molar-refractivity contribution in [3.05, 3.63) is 66.4 Å². The predicted octanol–water partition coefficient (Wildman–Crippen LogP) is 3.85. The first-order valence-electron chi connectivity index (χ1n) is 11.9. The van der Waals surface area contributed by atoms with Crippen LogP contribution in [-0.4, -0.2) is 44.7 Å². The van der Waals surface area contributed by atoms with E-state index in [9.17, 15) is 14.4 Å². The second-order valence-electron chi connectivity index (χ2n) is 8.94. The molecule has 3 amide bonds. The number of urea groups is 1. The van der Waals surface area contributed by atoms with E-state index in [-0.39, 0.29) is 24.8 Å². The molecule has 2 heterocycles. The van der Waals surface area contributed by atoms with Crippen LogP contribution in [0.2, 0.25) is 0 Å². The van der Waals surface area contributed by atoms with E-state index in [1.165, 1.54) is 7.11 Å². The first kappa shape index (κ1) is 27.2. The summed E-state index contributed by atoms with van der Waals surface area (Å²) in [6.07, 6.45) is 5.71. The topological polar surface area (TPSA) is 147 Å². The average molecular weight is 509 g/mol. The van der Waals surface area contributed by atoms with Crippen LogP contribution in [0.15, 0.2) is 55.1 Å². The molecule has 11 heteroatoms. The Bertz CT molecular complexity index is 1210. The maximum absolute atomic E-state index is 12.9. The van der Waals surface area contributed by atoms with Crippen LogP contribution in [0.25, 0.3) is 0 Å². The van der Waals surface area contributed by atoms with Gasteiger partial charge in [-0.15, -0.1) is 0 Å². The van der Waals surface area contributed by atoms with Crippen LogP contribution in [0.4, 0.5) is 16.3 Å². The minimum Gasteiger partial charge on any atom is -0.495 e. The normalized spacial score (nSPS) is 11.6. The number of nitrogens with one attached hydrogen (secondary N) is 3. The summed E-state index contributed by atoms with van der Waals surface area (Å²) in [4.78, 5) is 44.5. The fraction of sp³-hybridized carbons (Fsp3) is 0.346. The van der Waals surface area contributed by atoms with E-state index in [0.717, 1.165) is 0 Å². The zero-order valence-corrected chi connectivity index (χ0v) is 21.1. The Hall–Kier alpha value is -4.41. The van der Waals surface area contributed by atoms with Crippen molar-refractivity contribution >= 4 is 29.4 Å². The van der Waals surface area contributed by atoms with Crippen LogP contribution in [0.5, 0.6) is 5.75 Å². The molecular weight excluding hydrogens is 476 g/mol. The van der Waals surface area contributed by atoms with E-state index in [2.05, 4.69) is 39.8 Å². The van der Waals surface area contributed by atoms with Crippen molar-refractivity contribution in [2.45, 2.75) is 45.7 Å². The Morgan fingerprint density at radius 2 is 1.92 bits per heavy atom. The summed E-state index contributed by atoms with van der Waals surface area (Å²) < 4.78 is 7.13. The van der Waals surface area contributed by atoms with Gasteiger partial charge in [0.25, 0.3) is 0 Å². The largest absolute Gasteiger partial charge is 0.495 e. The predicted molar refractivity (Wildman–Crippen MR) is 138 cm³/mol. The van der Waals surface area contributed by atoms with Crippen molar-refractivity contribution in [3.8, 4) is 5.75 Å². The monoisotopic (exact) mass is 508 g/mol. The summed E-state index contributed by atoms with van der Waals surface area (Å²) in [5.41, 5.74) is 1.84. The molecule has 1 unspecified atom stereocenters. The van der Waals surface area contributed by atoms with Gasteiger partial charge >= 0.3 is 12.0 Å². The van der Waals surface area contributed by atoms with Gasteiger partial charge < -0.3 is 25.0 Å². The second-order valence-corrected chi connectivity index (χ2v) is 8.94. The first-order valence-corrected chi connectivity index (χ1v) is 11.9. The number of benzene rings is 1. The minimum atomic E-state index is -0.882. The summed E-state index contributed by atoms with van der Waals surface area (Å²) in [5, 5.41) is 17.3. The average Bonchev–Trinajstić information content (AvgIpc) is 3.33. The van der Waals surface area contributed by atoms with Crippen LogP contribution in [0.1, 0.15) is 44.0 Å². The number of methoxy groups -OCH3 is 1. The Labute approximate surface area is 215 Å². The van der Waals surface area contributed by atoms with Gasteiger partial charge in [-0.2, -0.15) is 0 Å². The molecule has 1 atom stereocenters. The summed E-state index contributed by atoms with van der Waals surface area (Å²) in [7, 11) is 1.49. The molecule has 3 aromatic rings. The highest BCUT2D eigenvalue weighted by Gasteiger charge is 2.20. The van der Waals surface area contributed by atoms with Gasteiger partial charge in [-0.3, -0.25) is 14.9 Å². The van der Waals surface area contributed by atoms with Crippen LogP contribution in [0, 0.1) is 5.92 Å². The molecule has 196 valence electrons. The molecule has 0 saturated heterocycles. The molecule has 0 aliphatic heterocycles. The molecule has 2 aromatic heterocycles. The van der Waals surface area contributed by atoms with Gasteiger partial charge in [0.1, 0.15) is 11.6 Å². The van der Waals surface area contributed by atoms with Crippen molar-refractivity contribution in [3.63, 3.8) is 0 Å². The fourth-order valence-corrected chi connectivity index (χ4v) is 3.72. The number of carboxylic acids is 1. The molecule has 0 fully saturated rings.